The van der Waals surface area contributed by atoms with Gasteiger partial charge in [0.2, 0.25) is 11.8 Å². The summed E-state index contributed by atoms with van der Waals surface area (Å²) in [5.41, 5.74) is 1.88. The molecule has 5 heteroatoms. The Hall–Kier alpha value is -2.43. The molecule has 1 unspecified atom stereocenters. The summed E-state index contributed by atoms with van der Waals surface area (Å²) in [6.07, 6.45) is 2.02. The number of fused-ring (bicyclic) bond motifs is 1. The molecule has 1 aromatic carbocycles. The fourth-order valence-electron chi connectivity index (χ4n) is 2.43. The van der Waals surface area contributed by atoms with Crippen molar-refractivity contribution >= 4 is 22.7 Å². The first kappa shape index (κ1) is 12.6. The Bertz CT molecular complexity index is 664. The summed E-state index contributed by atoms with van der Waals surface area (Å²) in [5, 5.41) is 6.60. The van der Waals surface area contributed by atoms with E-state index in [2.05, 4.69) is 15.6 Å². The first-order valence-corrected chi connectivity index (χ1v) is 6.61. The highest BCUT2D eigenvalue weighted by Gasteiger charge is 2.27. The van der Waals surface area contributed by atoms with Gasteiger partial charge < -0.3 is 10.6 Å². The number of carbonyl (C=O) groups is 2. The Morgan fingerprint density at radius 1 is 1.35 bits per heavy atom. The Morgan fingerprint density at radius 2 is 2.20 bits per heavy atom. The maximum Gasteiger partial charge on any atom is 0.225 e. The van der Waals surface area contributed by atoms with Crippen molar-refractivity contribution in [3.8, 4) is 0 Å². The van der Waals surface area contributed by atoms with Crippen molar-refractivity contribution in [2.75, 3.05) is 6.54 Å². The molecule has 2 amide bonds. The van der Waals surface area contributed by atoms with Crippen LogP contribution in [0.1, 0.15) is 12.0 Å². The van der Waals surface area contributed by atoms with Crippen LogP contribution in [0.15, 0.2) is 36.5 Å². The van der Waals surface area contributed by atoms with Crippen LogP contribution in [0.5, 0.6) is 0 Å². The summed E-state index contributed by atoms with van der Waals surface area (Å²) in [6.45, 7) is 0.857. The zero-order chi connectivity index (χ0) is 13.9. The number of pyridine rings is 1. The van der Waals surface area contributed by atoms with Gasteiger partial charge in [0.05, 0.1) is 11.4 Å². The SMILES string of the molecule is O=C1CC(C(=O)NCc2cccc3cccnc23)CN1. The Balaban J connectivity index is 1.71. The zero-order valence-electron chi connectivity index (χ0n) is 10.9. The second kappa shape index (κ2) is 5.28. The molecule has 1 atom stereocenters. The van der Waals surface area contributed by atoms with Crippen LogP contribution in [0.3, 0.4) is 0 Å². The molecule has 0 saturated carbocycles. The van der Waals surface area contributed by atoms with Gasteiger partial charge in [-0.05, 0) is 11.6 Å². The molecule has 1 aliphatic heterocycles. The van der Waals surface area contributed by atoms with Gasteiger partial charge in [-0.1, -0.05) is 24.3 Å². The predicted octanol–water partition coefficient (Wildman–Crippen LogP) is 0.987. The number of para-hydroxylation sites is 1. The number of amides is 2. The Kier molecular flexibility index (Phi) is 3.33. The van der Waals surface area contributed by atoms with Gasteiger partial charge >= 0.3 is 0 Å². The highest BCUT2D eigenvalue weighted by molar-refractivity contribution is 5.89. The molecule has 0 radical (unpaired) electrons. The van der Waals surface area contributed by atoms with Crippen molar-refractivity contribution < 1.29 is 9.59 Å². The molecule has 0 spiro atoms. The van der Waals surface area contributed by atoms with Crippen molar-refractivity contribution in [1.29, 1.82) is 0 Å². The predicted molar refractivity (Wildman–Crippen MR) is 74.7 cm³/mol. The molecule has 1 aromatic heterocycles. The minimum Gasteiger partial charge on any atom is -0.355 e. The van der Waals surface area contributed by atoms with Crippen LogP contribution in [0.2, 0.25) is 0 Å². The molecule has 2 N–H and O–H groups in total. The average Bonchev–Trinajstić information content (AvgIpc) is 2.91. The number of hydrogen-bond acceptors (Lipinski definition) is 3. The minimum atomic E-state index is -0.259. The molecule has 102 valence electrons. The van der Waals surface area contributed by atoms with E-state index in [4.69, 9.17) is 0 Å². The molecule has 0 aliphatic carbocycles. The first-order valence-electron chi connectivity index (χ1n) is 6.61. The molecule has 2 heterocycles. The third-order valence-electron chi connectivity index (χ3n) is 3.52. The Labute approximate surface area is 116 Å². The summed E-state index contributed by atoms with van der Waals surface area (Å²) < 4.78 is 0. The number of hydrogen-bond donors (Lipinski definition) is 2. The lowest BCUT2D eigenvalue weighted by Gasteiger charge is -2.10. The molecule has 2 aromatic rings. The molecule has 5 nitrogen and oxygen atoms in total. The summed E-state index contributed by atoms with van der Waals surface area (Å²) in [7, 11) is 0. The summed E-state index contributed by atoms with van der Waals surface area (Å²) in [4.78, 5) is 27.4. The highest BCUT2D eigenvalue weighted by Crippen LogP contribution is 2.16. The number of nitrogens with one attached hydrogen (secondary N) is 2. The number of nitrogens with zero attached hydrogens (tertiary/aromatic N) is 1. The van der Waals surface area contributed by atoms with Crippen LogP contribution in [-0.2, 0) is 16.1 Å². The van der Waals surface area contributed by atoms with Gasteiger partial charge in [0.15, 0.2) is 0 Å². The number of rotatable bonds is 3. The normalized spacial score (nSPS) is 18.0. The monoisotopic (exact) mass is 269 g/mol. The highest BCUT2D eigenvalue weighted by atomic mass is 16.2. The van der Waals surface area contributed by atoms with E-state index in [0.29, 0.717) is 13.1 Å². The molecule has 1 saturated heterocycles. The van der Waals surface area contributed by atoms with E-state index in [9.17, 15) is 9.59 Å². The maximum absolute atomic E-state index is 12.0. The standard InChI is InChI=1S/C15H15N3O2/c19-13-7-12(9-17-13)15(20)18-8-11-4-1-3-10-5-2-6-16-14(10)11/h1-6,12H,7-9H2,(H,17,19)(H,18,20). The van der Waals surface area contributed by atoms with Gasteiger partial charge in [0.25, 0.3) is 0 Å². The van der Waals surface area contributed by atoms with Crippen molar-refractivity contribution in [3.63, 3.8) is 0 Å². The quantitative estimate of drug-likeness (QED) is 0.872. The second-order valence-electron chi connectivity index (χ2n) is 4.92. The van der Waals surface area contributed by atoms with Crippen molar-refractivity contribution in [3.05, 3.63) is 42.1 Å². The van der Waals surface area contributed by atoms with Gasteiger partial charge in [-0.2, -0.15) is 0 Å². The lowest BCUT2D eigenvalue weighted by atomic mass is 10.1. The number of carbonyl (C=O) groups excluding carboxylic acids is 2. The van der Waals surface area contributed by atoms with Crippen LogP contribution in [-0.4, -0.2) is 23.3 Å². The van der Waals surface area contributed by atoms with Crippen molar-refractivity contribution in [2.24, 2.45) is 5.92 Å². The molecule has 0 bridgehead atoms. The van der Waals surface area contributed by atoms with Crippen LogP contribution >= 0.6 is 0 Å². The summed E-state index contributed by atoms with van der Waals surface area (Å²) >= 11 is 0. The molecular formula is C15H15N3O2. The lowest BCUT2D eigenvalue weighted by molar-refractivity contribution is -0.126. The van der Waals surface area contributed by atoms with E-state index < -0.39 is 0 Å². The second-order valence-corrected chi connectivity index (χ2v) is 4.92. The number of benzene rings is 1. The van der Waals surface area contributed by atoms with Gasteiger partial charge in [-0.15, -0.1) is 0 Å². The number of aromatic nitrogens is 1. The fraction of sp³-hybridized carbons (Fsp3) is 0.267. The van der Waals surface area contributed by atoms with Crippen molar-refractivity contribution in [2.45, 2.75) is 13.0 Å². The molecule has 3 rings (SSSR count). The topological polar surface area (TPSA) is 71.1 Å². The van der Waals surface area contributed by atoms with Crippen molar-refractivity contribution in [1.82, 2.24) is 15.6 Å². The molecule has 1 fully saturated rings. The van der Waals surface area contributed by atoms with Gasteiger partial charge in [0, 0.05) is 31.1 Å². The first-order chi connectivity index (χ1) is 9.74. The third-order valence-corrected chi connectivity index (χ3v) is 3.52. The van der Waals surface area contributed by atoms with Crippen LogP contribution in [0.4, 0.5) is 0 Å². The fourth-order valence-corrected chi connectivity index (χ4v) is 2.43. The summed E-state index contributed by atoms with van der Waals surface area (Å²) in [5.74, 6) is -0.404. The summed E-state index contributed by atoms with van der Waals surface area (Å²) in [6, 6.07) is 9.78. The minimum absolute atomic E-state index is 0.0584. The average molecular weight is 269 g/mol. The third kappa shape index (κ3) is 2.47. The van der Waals surface area contributed by atoms with E-state index >= 15 is 0 Å². The lowest BCUT2D eigenvalue weighted by Crippen LogP contribution is -2.31. The van der Waals surface area contributed by atoms with E-state index in [1.54, 1.807) is 6.20 Å². The largest absolute Gasteiger partial charge is 0.355 e. The zero-order valence-corrected chi connectivity index (χ0v) is 10.9. The Morgan fingerprint density at radius 3 is 3.00 bits per heavy atom. The van der Waals surface area contributed by atoms with Gasteiger partial charge in [-0.25, -0.2) is 0 Å². The van der Waals surface area contributed by atoms with Crippen LogP contribution in [0.25, 0.3) is 10.9 Å². The van der Waals surface area contributed by atoms with E-state index in [1.165, 1.54) is 0 Å². The van der Waals surface area contributed by atoms with Crippen LogP contribution in [0, 0.1) is 5.92 Å². The molecule has 20 heavy (non-hydrogen) atoms. The smallest absolute Gasteiger partial charge is 0.225 e. The van der Waals surface area contributed by atoms with Gasteiger partial charge in [0.1, 0.15) is 0 Å². The molecule has 1 aliphatic rings. The van der Waals surface area contributed by atoms with E-state index in [-0.39, 0.29) is 24.2 Å². The van der Waals surface area contributed by atoms with E-state index in [0.717, 1.165) is 16.5 Å². The molecular weight excluding hydrogens is 254 g/mol. The van der Waals surface area contributed by atoms with Gasteiger partial charge in [-0.3, -0.25) is 14.6 Å². The van der Waals surface area contributed by atoms with E-state index in [1.807, 2.05) is 30.3 Å². The maximum atomic E-state index is 12.0. The van der Waals surface area contributed by atoms with Crippen LogP contribution < -0.4 is 10.6 Å².